The number of carboxylic acids is 1. The van der Waals surface area contributed by atoms with Gasteiger partial charge in [0.05, 0.1) is 17.6 Å². The number of aromatic nitrogens is 1. The van der Waals surface area contributed by atoms with Gasteiger partial charge in [0.1, 0.15) is 11.9 Å². The van der Waals surface area contributed by atoms with Gasteiger partial charge in [0.15, 0.2) is 0 Å². The first kappa shape index (κ1) is 24.6. The van der Waals surface area contributed by atoms with Crippen molar-refractivity contribution in [3.8, 4) is 0 Å². The van der Waals surface area contributed by atoms with E-state index in [-0.39, 0.29) is 23.6 Å². The van der Waals surface area contributed by atoms with Gasteiger partial charge in [0.2, 0.25) is 5.91 Å². The van der Waals surface area contributed by atoms with Gasteiger partial charge >= 0.3 is 12.1 Å². The highest BCUT2D eigenvalue weighted by molar-refractivity contribution is 5.87. The molecule has 0 radical (unpaired) electrons. The summed E-state index contributed by atoms with van der Waals surface area (Å²) >= 11 is 0. The van der Waals surface area contributed by atoms with E-state index in [0.29, 0.717) is 0 Å². The molecule has 0 bridgehead atoms. The van der Waals surface area contributed by atoms with Gasteiger partial charge in [0.25, 0.3) is 0 Å². The van der Waals surface area contributed by atoms with E-state index in [4.69, 9.17) is 0 Å². The molecule has 1 aromatic carbocycles. The molecule has 3 fully saturated rings. The van der Waals surface area contributed by atoms with Crippen molar-refractivity contribution in [3.63, 3.8) is 0 Å². The summed E-state index contributed by atoms with van der Waals surface area (Å²) < 4.78 is 40.2. The number of carbonyl (C=O) groups is 2. The highest BCUT2D eigenvalue weighted by Gasteiger charge is 2.59. The summed E-state index contributed by atoms with van der Waals surface area (Å²) in [4.78, 5) is 32.3. The molecule has 2 aromatic rings. The average molecular weight is 502 g/mol. The fourth-order valence-corrected chi connectivity index (χ4v) is 6.14. The number of pyridine rings is 1. The van der Waals surface area contributed by atoms with Gasteiger partial charge in [-0.25, -0.2) is 9.78 Å². The van der Waals surface area contributed by atoms with Gasteiger partial charge in [-0.05, 0) is 49.3 Å². The van der Waals surface area contributed by atoms with E-state index in [2.05, 4.69) is 10.3 Å². The quantitative estimate of drug-likeness (QED) is 0.544. The number of alkyl halides is 3. The van der Waals surface area contributed by atoms with Crippen LogP contribution in [-0.2, 0) is 15.8 Å². The van der Waals surface area contributed by atoms with Gasteiger partial charge in [-0.2, -0.15) is 13.2 Å². The maximum atomic E-state index is 13.9. The Kier molecular flexibility index (Phi) is 6.66. The zero-order valence-corrected chi connectivity index (χ0v) is 19.8. The smallest absolute Gasteiger partial charge is 0.416 e. The lowest BCUT2D eigenvalue weighted by Crippen LogP contribution is -2.47. The third-order valence-electron chi connectivity index (χ3n) is 7.89. The molecular weight excluding hydrogens is 471 g/mol. The standard InChI is InChI=1S/C27H30F3N3O3/c28-27(29,30)19-13-14-31-20(15-19)32-22-21(16-11-12-16)24(26(35)36)33(23(22)17-7-3-1-4-8-17)25(34)18-9-5-2-6-10-18/h1,3-4,7-8,13-16,18,21-24H,2,5-6,9-12H2,(H,31,32)(H,35,36). The summed E-state index contributed by atoms with van der Waals surface area (Å²) in [5.74, 6) is -1.82. The second-order valence-electron chi connectivity index (χ2n) is 10.2. The van der Waals surface area contributed by atoms with E-state index in [1.54, 1.807) is 4.90 Å². The predicted octanol–water partition coefficient (Wildman–Crippen LogP) is 5.52. The topological polar surface area (TPSA) is 82.5 Å². The minimum Gasteiger partial charge on any atom is -0.480 e. The lowest BCUT2D eigenvalue weighted by molar-refractivity contribution is -0.153. The minimum absolute atomic E-state index is 0.0255. The third kappa shape index (κ3) is 4.80. The molecule has 2 saturated carbocycles. The Morgan fingerprint density at radius 1 is 1.00 bits per heavy atom. The van der Waals surface area contributed by atoms with Crippen molar-refractivity contribution in [2.45, 2.75) is 69.2 Å². The Hall–Kier alpha value is -3.10. The van der Waals surface area contributed by atoms with Crippen molar-refractivity contribution in [2.75, 3.05) is 5.32 Å². The minimum atomic E-state index is -4.53. The van der Waals surface area contributed by atoms with Crippen molar-refractivity contribution in [2.24, 2.45) is 17.8 Å². The predicted molar refractivity (Wildman–Crippen MR) is 127 cm³/mol. The largest absolute Gasteiger partial charge is 0.480 e. The molecule has 5 rings (SSSR count). The molecular formula is C27H30F3N3O3. The molecule has 1 aromatic heterocycles. The maximum absolute atomic E-state index is 13.9. The summed E-state index contributed by atoms with van der Waals surface area (Å²) in [5.41, 5.74) is -0.0670. The van der Waals surface area contributed by atoms with E-state index < -0.39 is 41.8 Å². The normalized spacial score (nSPS) is 27.1. The summed E-state index contributed by atoms with van der Waals surface area (Å²) in [6.07, 6.45) is 2.60. The monoisotopic (exact) mass is 501 g/mol. The van der Waals surface area contributed by atoms with E-state index in [1.807, 2.05) is 30.3 Å². The van der Waals surface area contributed by atoms with Crippen molar-refractivity contribution < 1.29 is 27.9 Å². The number of nitrogens with one attached hydrogen (secondary N) is 1. The fraction of sp³-hybridized carbons (Fsp3) is 0.519. The molecule has 1 amide bonds. The van der Waals surface area contributed by atoms with Gasteiger partial charge in [0, 0.05) is 18.0 Å². The van der Waals surface area contributed by atoms with Gasteiger partial charge in [-0.15, -0.1) is 0 Å². The number of halogens is 3. The highest BCUT2D eigenvalue weighted by Crippen LogP contribution is 2.52. The van der Waals surface area contributed by atoms with Crippen LogP contribution in [0.4, 0.5) is 19.0 Å². The second kappa shape index (κ2) is 9.75. The summed E-state index contributed by atoms with van der Waals surface area (Å²) in [7, 11) is 0. The Morgan fingerprint density at radius 3 is 2.31 bits per heavy atom. The molecule has 9 heteroatoms. The van der Waals surface area contributed by atoms with E-state index >= 15 is 0 Å². The van der Waals surface area contributed by atoms with Crippen molar-refractivity contribution in [3.05, 3.63) is 59.8 Å². The molecule has 4 unspecified atom stereocenters. The van der Waals surface area contributed by atoms with Crippen LogP contribution >= 0.6 is 0 Å². The van der Waals surface area contributed by atoms with Crippen LogP contribution in [0.25, 0.3) is 0 Å². The van der Waals surface area contributed by atoms with Crippen LogP contribution in [0.1, 0.15) is 62.1 Å². The molecule has 2 N–H and O–H groups in total. The van der Waals surface area contributed by atoms with Crippen LogP contribution in [0.3, 0.4) is 0 Å². The number of likely N-dealkylation sites (tertiary alicyclic amines) is 1. The molecule has 1 aliphatic heterocycles. The number of carboxylic acid groups (broad SMARTS) is 1. The molecule has 3 aliphatic rings. The summed E-state index contributed by atoms with van der Waals surface area (Å²) in [6.45, 7) is 0. The Labute approximate surface area is 207 Å². The lowest BCUT2D eigenvalue weighted by Gasteiger charge is -2.34. The highest BCUT2D eigenvalue weighted by atomic mass is 19.4. The molecule has 4 atom stereocenters. The van der Waals surface area contributed by atoms with Gasteiger partial charge < -0.3 is 15.3 Å². The second-order valence-corrected chi connectivity index (χ2v) is 10.2. The van der Waals surface area contributed by atoms with Crippen LogP contribution in [0, 0.1) is 17.8 Å². The molecule has 2 heterocycles. The number of hydrogen-bond acceptors (Lipinski definition) is 4. The number of aliphatic carboxylic acids is 1. The molecule has 0 spiro atoms. The van der Waals surface area contributed by atoms with E-state index in [0.717, 1.165) is 68.8 Å². The molecule has 1 saturated heterocycles. The summed E-state index contributed by atoms with van der Waals surface area (Å²) in [5, 5.41) is 13.6. The number of hydrogen-bond donors (Lipinski definition) is 2. The number of anilines is 1. The van der Waals surface area contributed by atoms with E-state index in [1.165, 1.54) is 0 Å². The van der Waals surface area contributed by atoms with Gasteiger partial charge in [-0.3, -0.25) is 4.79 Å². The van der Waals surface area contributed by atoms with Crippen molar-refractivity contribution >= 4 is 17.7 Å². The van der Waals surface area contributed by atoms with Crippen LogP contribution in [-0.4, -0.2) is 39.0 Å². The van der Waals surface area contributed by atoms with Crippen molar-refractivity contribution in [1.82, 2.24) is 9.88 Å². The first-order valence-corrected chi connectivity index (χ1v) is 12.7. The summed E-state index contributed by atoms with van der Waals surface area (Å²) in [6, 6.07) is 8.79. The number of rotatable bonds is 6. The van der Waals surface area contributed by atoms with Crippen LogP contribution in [0.15, 0.2) is 48.7 Å². The van der Waals surface area contributed by atoms with Crippen LogP contribution in [0.5, 0.6) is 0 Å². The Balaban J connectivity index is 1.59. The SMILES string of the molecule is O=C(O)C1C(C2CC2)C(Nc2cc(C(F)(F)F)ccn2)C(c2ccccc2)N1C(=O)C1CCCCC1. The zero-order valence-electron chi connectivity index (χ0n) is 19.8. The van der Waals surface area contributed by atoms with Gasteiger partial charge in [-0.1, -0.05) is 49.6 Å². The number of nitrogens with zero attached hydrogens (tertiary/aromatic N) is 2. The average Bonchev–Trinajstić information content (AvgIpc) is 3.65. The van der Waals surface area contributed by atoms with E-state index in [9.17, 15) is 27.9 Å². The first-order valence-electron chi connectivity index (χ1n) is 12.7. The van der Waals surface area contributed by atoms with Crippen LogP contribution in [0.2, 0.25) is 0 Å². The third-order valence-corrected chi connectivity index (χ3v) is 7.89. The molecule has 36 heavy (non-hydrogen) atoms. The first-order chi connectivity index (χ1) is 17.3. The number of benzene rings is 1. The Bertz CT molecular complexity index is 1100. The maximum Gasteiger partial charge on any atom is 0.416 e. The zero-order chi connectivity index (χ0) is 25.4. The molecule has 2 aliphatic carbocycles. The lowest BCUT2D eigenvalue weighted by atomic mass is 9.87. The fourth-order valence-electron chi connectivity index (χ4n) is 6.14. The number of amides is 1. The number of carbonyl (C=O) groups excluding carboxylic acids is 1. The molecule has 192 valence electrons. The molecule has 6 nitrogen and oxygen atoms in total. The Morgan fingerprint density at radius 2 is 1.69 bits per heavy atom. The van der Waals surface area contributed by atoms with Crippen LogP contribution < -0.4 is 5.32 Å². The van der Waals surface area contributed by atoms with Crippen molar-refractivity contribution in [1.29, 1.82) is 0 Å².